The van der Waals surface area contributed by atoms with Gasteiger partial charge >= 0.3 is 5.97 Å². The molecule has 0 unspecified atom stereocenters. The van der Waals surface area contributed by atoms with Crippen LogP contribution in [-0.2, 0) is 4.79 Å². The highest BCUT2D eigenvalue weighted by Gasteiger charge is 2.32. The third-order valence-electron chi connectivity index (χ3n) is 3.02. The van der Waals surface area contributed by atoms with E-state index < -0.39 is 12.0 Å². The van der Waals surface area contributed by atoms with E-state index in [0.29, 0.717) is 6.54 Å². The number of hydrogen-bond acceptors (Lipinski definition) is 4. The molecular weight excluding hydrogens is 208 g/mol. The van der Waals surface area contributed by atoms with Gasteiger partial charge in [-0.05, 0) is 19.1 Å². The van der Waals surface area contributed by atoms with E-state index in [2.05, 4.69) is 5.32 Å². The third-order valence-corrected chi connectivity index (χ3v) is 3.02. The fraction of sp³-hybridized carbons (Fsp3) is 0.545. The standard InChI is InChI=1S/C11H16N2O3/c1-8(10-3-2-6-16-10)13-5-4-12-7-9(13)11(14)15/h2-3,6,8-9,12H,4-5,7H2,1H3,(H,14,15)/t8-,9+/m0/s1. The first-order valence-corrected chi connectivity index (χ1v) is 5.43. The fourth-order valence-electron chi connectivity index (χ4n) is 2.11. The average molecular weight is 224 g/mol. The molecule has 2 N–H and O–H groups in total. The van der Waals surface area contributed by atoms with Crippen LogP contribution in [0.25, 0.3) is 0 Å². The van der Waals surface area contributed by atoms with Crippen molar-refractivity contribution in [2.75, 3.05) is 19.6 Å². The Bertz CT molecular complexity index is 350. The van der Waals surface area contributed by atoms with E-state index in [9.17, 15) is 4.79 Å². The molecule has 1 aliphatic heterocycles. The van der Waals surface area contributed by atoms with E-state index in [1.54, 1.807) is 6.26 Å². The molecule has 5 heteroatoms. The second-order valence-electron chi connectivity index (χ2n) is 3.99. The molecule has 2 heterocycles. The number of furan rings is 1. The van der Waals surface area contributed by atoms with E-state index in [1.165, 1.54) is 0 Å². The zero-order valence-corrected chi connectivity index (χ0v) is 9.22. The summed E-state index contributed by atoms with van der Waals surface area (Å²) in [5.74, 6) is 0.0266. The quantitative estimate of drug-likeness (QED) is 0.791. The molecule has 16 heavy (non-hydrogen) atoms. The maximum Gasteiger partial charge on any atom is 0.322 e. The van der Waals surface area contributed by atoms with E-state index in [4.69, 9.17) is 9.52 Å². The molecule has 1 aliphatic rings. The molecule has 0 amide bonds. The van der Waals surface area contributed by atoms with Crippen molar-refractivity contribution < 1.29 is 14.3 Å². The van der Waals surface area contributed by atoms with Crippen molar-refractivity contribution in [3.63, 3.8) is 0 Å². The summed E-state index contributed by atoms with van der Waals surface area (Å²) < 4.78 is 5.32. The molecule has 2 rings (SSSR count). The predicted octanol–water partition coefficient (Wildman–Crippen LogP) is 0.699. The summed E-state index contributed by atoms with van der Waals surface area (Å²) in [7, 11) is 0. The molecule has 1 saturated heterocycles. The van der Waals surface area contributed by atoms with Gasteiger partial charge in [0.1, 0.15) is 11.8 Å². The summed E-state index contributed by atoms with van der Waals surface area (Å²) in [5, 5.41) is 12.2. The van der Waals surface area contributed by atoms with Gasteiger partial charge in [-0.15, -0.1) is 0 Å². The highest BCUT2D eigenvalue weighted by molar-refractivity contribution is 5.74. The third kappa shape index (κ3) is 2.10. The molecule has 0 radical (unpaired) electrons. The monoisotopic (exact) mass is 224 g/mol. The molecule has 1 aromatic rings. The molecule has 88 valence electrons. The molecule has 0 aromatic carbocycles. The van der Waals surface area contributed by atoms with Crippen LogP contribution in [0.3, 0.4) is 0 Å². The number of carboxylic acids is 1. The SMILES string of the molecule is C[C@@H](c1ccco1)N1CCNC[C@@H]1C(=O)O. The average Bonchev–Trinajstić information content (AvgIpc) is 2.81. The Labute approximate surface area is 94.0 Å². The van der Waals surface area contributed by atoms with Crippen molar-refractivity contribution in [1.82, 2.24) is 10.2 Å². The minimum atomic E-state index is -0.786. The van der Waals surface area contributed by atoms with Crippen molar-refractivity contribution >= 4 is 5.97 Å². The number of aliphatic carboxylic acids is 1. The number of hydrogen-bond donors (Lipinski definition) is 2. The van der Waals surface area contributed by atoms with Crippen LogP contribution in [0.1, 0.15) is 18.7 Å². The molecule has 1 aromatic heterocycles. The van der Waals surface area contributed by atoms with Gasteiger partial charge in [0.05, 0.1) is 12.3 Å². The fourth-order valence-corrected chi connectivity index (χ4v) is 2.11. The van der Waals surface area contributed by atoms with Gasteiger partial charge in [-0.3, -0.25) is 9.69 Å². The summed E-state index contributed by atoms with van der Waals surface area (Å²) in [6, 6.07) is 3.22. The van der Waals surface area contributed by atoms with Gasteiger partial charge in [0.2, 0.25) is 0 Å². The number of rotatable bonds is 3. The second-order valence-corrected chi connectivity index (χ2v) is 3.99. The number of nitrogens with zero attached hydrogens (tertiary/aromatic N) is 1. The van der Waals surface area contributed by atoms with E-state index in [0.717, 1.165) is 18.8 Å². The Balaban J connectivity index is 2.14. The molecule has 2 atom stereocenters. The Morgan fingerprint density at radius 2 is 2.56 bits per heavy atom. The Morgan fingerprint density at radius 1 is 1.75 bits per heavy atom. The van der Waals surface area contributed by atoms with Crippen LogP contribution in [-0.4, -0.2) is 41.7 Å². The maximum absolute atomic E-state index is 11.1. The van der Waals surface area contributed by atoms with Crippen LogP contribution in [0, 0.1) is 0 Å². The summed E-state index contributed by atoms with van der Waals surface area (Å²) in [5.41, 5.74) is 0. The highest BCUT2D eigenvalue weighted by Crippen LogP contribution is 2.23. The van der Waals surface area contributed by atoms with Gasteiger partial charge in [-0.2, -0.15) is 0 Å². The zero-order valence-electron chi connectivity index (χ0n) is 9.22. The van der Waals surface area contributed by atoms with Crippen LogP contribution < -0.4 is 5.32 Å². The molecule has 5 nitrogen and oxygen atoms in total. The molecule has 0 aliphatic carbocycles. The molecule has 0 spiro atoms. The van der Waals surface area contributed by atoms with Crippen LogP contribution in [0.2, 0.25) is 0 Å². The van der Waals surface area contributed by atoms with Gasteiger partial charge in [-0.1, -0.05) is 0 Å². The minimum Gasteiger partial charge on any atom is -0.480 e. The predicted molar refractivity (Wildman–Crippen MR) is 58.1 cm³/mol. The Morgan fingerprint density at radius 3 is 3.19 bits per heavy atom. The van der Waals surface area contributed by atoms with Gasteiger partial charge in [0.15, 0.2) is 0 Å². The maximum atomic E-state index is 11.1. The minimum absolute atomic E-state index is 0.00167. The van der Waals surface area contributed by atoms with Crippen molar-refractivity contribution in [2.24, 2.45) is 0 Å². The molecule has 0 bridgehead atoms. The van der Waals surface area contributed by atoms with Gasteiger partial charge in [-0.25, -0.2) is 0 Å². The van der Waals surface area contributed by atoms with E-state index in [-0.39, 0.29) is 6.04 Å². The first-order chi connectivity index (χ1) is 7.70. The molecule has 1 fully saturated rings. The van der Waals surface area contributed by atoms with Crippen molar-refractivity contribution in [2.45, 2.75) is 19.0 Å². The lowest BCUT2D eigenvalue weighted by Crippen LogP contribution is -2.55. The summed E-state index contributed by atoms with van der Waals surface area (Å²) >= 11 is 0. The lowest BCUT2D eigenvalue weighted by molar-refractivity contribution is -0.145. The highest BCUT2D eigenvalue weighted by atomic mass is 16.4. The lowest BCUT2D eigenvalue weighted by atomic mass is 10.1. The van der Waals surface area contributed by atoms with Crippen LogP contribution in [0.15, 0.2) is 22.8 Å². The zero-order chi connectivity index (χ0) is 11.5. The van der Waals surface area contributed by atoms with E-state index >= 15 is 0 Å². The van der Waals surface area contributed by atoms with E-state index in [1.807, 2.05) is 24.0 Å². The number of piperazine rings is 1. The van der Waals surface area contributed by atoms with Crippen LogP contribution >= 0.6 is 0 Å². The topological polar surface area (TPSA) is 65.7 Å². The van der Waals surface area contributed by atoms with Crippen molar-refractivity contribution in [3.8, 4) is 0 Å². The second kappa shape index (κ2) is 4.67. The first-order valence-electron chi connectivity index (χ1n) is 5.43. The van der Waals surface area contributed by atoms with Crippen molar-refractivity contribution in [1.29, 1.82) is 0 Å². The molecular formula is C11H16N2O3. The van der Waals surface area contributed by atoms with Crippen molar-refractivity contribution in [3.05, 3.63) is 24.2 Å². The van der Waals surface area contributed by atoms with Gasteiger partial charge < -0.3 is 14.8 Å². The van der Waals surface area contributed by atoms with Gasteiger partial charge in [0.25, 0.3) is 0 Å². The Hall–Kier alpha value is -1.33. The van der Waals surface area contributed by atoms with Gasteiger partial charge in [0, 0.05) is 19.6 Å². The molecule has 0 saturated carbocycles. The summed E-state index contributed by atoms with van der Waals surface area (Å²) in [6.07, 6.45) is 1.61. The smallest absolute Gasteiger partial charge is 0.322 e. The Kier molecular flexibility index (Phi) is 3.26. The van der Waals surface area contributed by atoms with Crippen LogP contribution in [0.4, 0.5) is 0 Å². The summed E-state index contributed by atoms with van der Waals surface area (Å²) in [6.45, 7) is 3.99. The first kappa shape index (κ1) is 11.2. The largest absolute Gasteiger partial charge is 0.480 e. The normalized spacial score (nSPS) is 24.2. The lowest BCUT2D eigenvalue weighted by Gasteiger charge is -2.36. The number of carboxylic acid groups (broad SMARTS) is 1. The van der Waals surface area contributed by atoms with Crippen LogP contribution in [0.5, 0.6) is 0 Å². The number of carbonyl (C=O) groups is 1. The summed E-state index contributed by atoms with van der Waals surface area (Å²) in [4.78, 5) is 13.1. The number of nitrogens with one attached hydrogen (secondary N) is 1.